The van der Waals surface area contributed by atoms with Gasteiger partial charge in [-0.2, -0.15) is 0 Å². The number of hydrogen-bond acceptors (Lipinski definition) is 2. The van der Waals surface area contributed by atoms with E-state index >= 15 is 0 Å². The van der Waals surface area contributed by atoms with Crippen LogP contribution in [0.15, 0.2) is 205 Å². The van der Waals surface area contributed by atoms with E-state index in [-0.39, 0.29) is 0 Å². The summed E-state index contributed by atoms with van der Waals surface area (Å²) in [6, 6.07) is 74.6. The van der Waals surface area contributed by atoms with Crippen LogP contribution in [-0.4, -0.2) is 0 Å². The first-order valence-electron chi connectivity index (χ1n) is 21.7. The molecule has 0 aliphatic heterocycles. The number of fused-ring (bicyclic) bond motifs is 14. The van der Waals surface area contributed by atoms with E-state index < -0.39 is 5.41 Å². The first-order valence-corrected chi connectivity index (χ1v) is 21.7. The molecule has 0 radical (unpaired) electrons. The van der Waals surface area contributed by atoms with E-state index in [2.05, 4.69) is 205 Å². The molecular formula is C59H41NO. The van der Waals surface area contributed by atoms with Crippen LogP contribution in [0.5, 0.6) is 0 Å². The van der Waals surface area contributed by atoms with Crippen molar-refractivity contribution >= 4 is 39.0 Å². The van der Waals surface area contributed by atoms with Crippen molar-refractivity contribution in [2.24, 2.45) is 0 Å². The number of benzene rings is 9. The fraction of sp³-hybridized carbons (Fsp3) is 0.0847. The topological polar surface area (TPSA) is 16.4 Å². The summed E-state index contributed by atoms with van der Waals surface area (Å²) in [5, 5.41) is 2.25. The van der Waals surface area contributed by atoms with Crippen LogP contribution in [0.4, 0.5) is 17.1 Å². The number of anilines is 3. The van der Waals surface area contributed by atoms with Crippen LogP contribution in [0.2, 0.25) is 0 Å². The quantitative estimate of drug-likeness (QED) is 0.173. The second-order valence-electron chi connectivity index (χ2n) is 17.0. The van der Waals surface area contributed by atoms with Gasteiger partial charge in [-0.15, -0.1) is 0 Å². The number of hydrogen-bond donors (Lipinski definition) is 0. The Hall–Kier alpha value is -7.42. The molecule has 9 aromatic carbocycles. The Morgan fingerprint density at radius 1 is 0.361 bits per heavy atom. The number of nitrogens with zero attached hydrogens (tertiary/aromatic N) is 1. The average Bonchev–Trinajstić information content (AvgIpc) is 3.95. The average molecular weight is 780 g/mol. The minimum Gasteiger partial charge on any atom is -0.456 e. The highest BCUT2D eigenvalue weighted by Crippen LogP contribution is 2.64. The minimum atomic E-state index is -0.478. The lowest BCUT2D eigenvalue weighted by molar-refractivity contribution is 0.669. The zero-order valence-corrected chi connectivity index (χ0v) is 33.7. The first-order chi connectivity index (χ1) is 30.2. The fourth-order valence-corrected chi connectivity index (χ4v) is 11.2. The molecule has 2 heteroatoms. The van der Waals surface area contributed by atoms with E-state index in [0.717, 1.165) is 51.8 Å². The lowest BCUT2D eigenvalue weighted by Gasteiger charge is -2.33. The molecule has 0 unspecified atom stereocenters. The third-order valence-corrected chi connectivity index (χ3v) is 13.9. The van der Waals surface area contributed by atoms with Crippen molar-refractivity contribution < 1.29 is 4.42 Å². The van der Waals surface area contributed by atoms with Crippen molar-refractivity contribution in [3.63, 3.8) is 0 Å². The molecule has 0 atom stereocenters. The highest BCUT2D eigenvalue weighted by Gasteiger charge is 2.52. The summed E-state index contributed by atoms with van der Waals surface area (Å²) in [5.41, 5.74) is 23.0. The molecule has 0 fully saturated rings. The van der Waals surface area contributed by atoms with Gasteiger partial charge in [0.25, 0.3) is 0 Å². The summed E-state index contributed by atoms with van der Waals surface area (Å²) in [7, 11) is 0. The molecule has 10 aromatic rings. The maximum Gasteiger partial charge on any atom is 0.137 e. The molecule has 0 N–H and O–H groups in total. The Bertz CT molecular complexity index is 3330. The van der Waals surface area contributed by atoms with Gasteiger partial charge in [0, 0.05) is 33.8 Å². The van der Waals surface area contributed by atoms with Crippen molar-refractivity contribution in [2.75, 3.05) is 4.90 Å². The van der Waals surface area contributed by atoms with Crippen LogP contribution in [0.25, 0.3) is 66.4 Å². The van der Waals surface area contributed by atoms with Crippen LogP contribution < -0.4 is 4.90 Å². The van der Waals surface area contributed by atoms with Gasteiger partial charge in [-0.25, -0.2) is 0 Å². The predicted molar refractivity (Wildman–Crippen MR) is 252 cm³/mol. The Balaban J connectivity index is 1.13. The molecule has 288 valence electrons. The summed E-state index contributed by atoms with van der Waals surface area (Å²) >= 11 is 0. The van der Waals surface area contributed by atoms with E-state index in [0.29, 0.717) is 0 Å². The molecule has 0 amide bonds. The molecule has 61 heavy (non-hydrogen) atoms. The van der Waals surface area contributed by atoms with Gasteiger partial charge in [0.05, 0.1) is 11.1 Å². The normalized spacial score (nSPS) is 14.1. The van der Waals surface area contributed by atoms with Gasteiger partial charge in [0.1, 0.15) is 11.2 Å². The molecule has 0 bridgehead atoms. The monoisotopic (exact) mass is 779 g/mol. The molecule has 3 aliphatic carbocycles. The Morgan fingerprint density at radius 3 is 1.67 bits per heavy atom. The van der Waals surface area contributed by atoms with Gasteiger partial charge < -0.3 is 9.32 Å². The zero-order chi connectivity index (χ0) is 40.1. The molecule has 0 saturated carbocycles. The van der Waals surface area contributed by atoms with Crippen molar-refractivity contribution in [3.05, 3.63) is 234 Å². The van der Waals surface area contributed by atoms with Crippen LogP contribution >= 0.6 is 0 Å². The van der Waals surface area contributed by atoms with Crippen LogP contribution in [-0.2, 0) is 18.3 Å². The standard InChI is InChI=1S/C59H41NO/c1-2-14-38(15-3-1)40-28-30-43(31-29-40)60(44-32-33-49-48-21-9-13-25-57(48)61-58(49)35-44)56-37-55-51(36-50(56)42-27-26-39-16-4-5-17-41(39)34-42)47-20-8-12-24-54(47)59(55)52-22-10-6-18-45(52)46-19-7-11-23-53(46)59/h1-3,6-15,18-37H,4-5,16-17H2. The van der Waals surface area contributed by atoms with Crippen molar-refractivity contribution in [3.8, 4) is 44.5 Å². The molecular weight excluding hydrogens is 739 g/mol. The molecule has 2 nitrogen and oxygen atoms in total. The largest absolute Gasteiger partial charge is 0.456 e. The first kappa shape index (κ1) is 34.4. The fourth-order valence-electron chi connectivity index (χ4n) is 11.2. The summed E-state index contributed by atoms with van der Waals surface area (Å²) in [6.07, 6.45) is 4.77. The van der Waals surface area contributed by atoms with Gasteiger partial charge >= 0.3 is 0 Å². The second kappa shape index (κ2) is 13.3. The maximum absolute atomic E-state index is 6.61. The third-order valence-electron chi connectivity index (χ3n) is 13.9. The SMILES string of the molecule is c1ccc(-c2ccc(N(c3ccc4c(c3)oc3ccccc34)c3cc4c(cc3-c3ccc5c(c3)CCCC5)-c3ccccc3C43c4ccccc4-c4ccccc43)cc2)cc1. The van der Waals surface area contributed by atoms with Crippen molar-refractivity contribution in [1.82, 2.24) is 0 Å². The van der Waals surface area contributed by atoms with Crippen molar-refractivity contribution in [1.29, 1.82) is 0 Å². The van der Waals surface area contributed by atoms with Crippen LogP contribution in [0, 0.1) is 0 Å². The minimum absolute atomic E-state index is 0.478. The summed E-state index contributed by atoms with van der Waals surface area (Å²) in [5.74, 6) is 0. The van der Waals surface area contributed by atoms with Gasteiger partial charge in [-0.1, -0.05) is 152 Å². The molecule has 0 saturated heterocycles. The lowest BCUT2D eigenvalue weighted by atomic mass is 9.70. The molecule has 1 spiro atoms. The Labute approximate surface area is 356 Å². The maximum atomic E-state index is 6.61. The number of aryl methyl sites for hydroxylation is 2. The van der Waals surface area contributed by atoms with Gasteiger partial charge in [0.2, 0.25) is 0 Å². The van der Waals surface area contributed by atoms with E-state index in [1.54, 1.807) is 0 Å². The second-order valence-corrected chi connectivity index (χ2v) is 17.0. The van der Waals surface area contributed by atoms with E-state index in [9.17, 15) is 0 Å². The third kappa shape index (κ3) is 5.03. The van der Waals surface area contributed by atoms with Crippen LogP contribution in [0.1, 0.15) is 46.2 Å². The summed E-state index contributed by atoms with van der Waals surface area (Å²) < 4.78 is 6.61. The molecule has 13 rings (SSSR count). The summed E-state index contributed by atoms with van der Waals surface area (Å²) in [4.78, 5) is 2.49. The van der Waals surface area contributed by atoms with Gasteiger partial charge in [0.15, 0.2) is 0 Å². The number of rotatable bonds is 5. The highest BCUT2D eigenvalue weighted by atomic mass is 16.3. The van der Waals surface area contributed by atoms with Gasteiger partial charge in [-0.3, -0.25) is 0 Å². The molecule has 1 heterocycles. The lowest BCUT2D eigenvalue weighted by Crippen LogP contribution is -2.26. The molecule has 1 aromatic heterocycles. The van der Waals surface area contributed by atoms with Crippen molar-refractivity contribution in [2.45, 2.75) is 31.1 Å². The van der Waals surface area contributed by atoms with Crippen LogP contribution in [0.3, 0.4) is 0 Å². The Morgan fingerprint density at radius 2 is 0.934 bits per heavy atom. The zero-order valence-electron chi connectivity index (χ0n) is 33.7. The summed E-state index contributed by atoms with van der Waals surface area (Å²) in [6.45, 7) is 0. The molecule has 3 aliphatic rings. The Kier molecular flexibility index (Phi) is 7.51. The van der Waals surface area contributed by atoms with Gasteiger partial charge in [-0.05, 0) is 140 Å². The number of para-hydroxylation sites is 1. The number of furan rings is 1. The smallest absolute Gasteiger partial charge is 0.137 e. The van der Waals surface area contributed by atoms with E-state index in [1.165, 1.54) is 90.7 Å². The van der Waals surface area contributed by atoms with E-state index in [1.807, 2.05) is 0 Å². The highest BCUT2D eigenvalue weighted by molar-refractivity contribution is 6.07. The van der Waals surface area contributed by atoms with E-state index in [4.69, 9.17) is 4.42 Å². The predicted octanol–water partition coefficient (Wildman–Crippen LogP) is 15.6.